The Morgan fingerprint density at radius 3 is 2.76 bits per heavy atom. The largest absolute Gasteiger partial charge is 0.497 e. The fraction of sp³-hybridized carbons (Fsp3) is 0.368. The summed E-state index contributed by atoms with van der Waals surface area (Å²) in [6.07, 6.45) is 6.62. The van der Waals surface area contributed by atoms with Crippen molar-refractivity contribution in [2.75, 3.05) is 25.1 Å². The summed E-state index contributed by atoms with van der Waals surface area (Å²) in [4.78, 5) is 14.0. The van der Waals surface area contributed by atoms with Crippen molar-refractivity contribution in [2.24, 2.45) is 5.92 Å². The lowest BCUT2D eigenvalue weighted by molar-refractivity contribution is 0.0857. The zero-order valence-corrected chi connectivity index (χ0v) is 14.2. The van der Waals surface area contributed by atoms with Gasteiger partial charge in [0.25, 0.3) is 0 Å². The molecule has 6 nitrogen and oxygen atoms in total. The number of aliphatic hydroxyl groups excluding tert-OH is 1. The second kappa shape index (κ2) is 6.72. The quantitative estimate of drug-likeness (QED) is 0.765. The summed E-state index contributed by atoms with van der Waals surface area (Å²) in [6, 6.07) is 8.03. The van der Waals surface area contributed by atoms with Crippen LogP contribution in [0.5, 0.6) is 5.75 Å². The van der Waals surface area contributed by atoms with Crippen molar-refractivity contribution in [1.29, 1.82) is 0 Å². The molecule has 1 fully saturated rings. The number of nitrogens with zero attached hydrogens (tertiary/aromatic N) is 3. The number of hydrogen-bond acceptors (Lipinski definition) is 5. The van der Waals surface area contributed by atoms with E-state index in [0.717, 1.165) is 42.6 Å². The molecule has 130 valence electrons. The number of aromatic nitrogens is 3. The number of hydrogen-bond donors (Lipinski definition) is 2. The van der Waals surface area contributed by atoms with E-state index in [2.05, 4.69) is 25.9 Å². The lowest BCUT2D eigenvalue weighted by Gasteiger charge is -2.35. The Kier molecular flexibility index (Phi) is 4.28. The molecule has 4 rings (SSSR count). The fourth-order valence-corrected chi connectivity index (χ4v) is 3.63. The molecule has 1 saturated heterocycles. The molecule has 0 spiro atoms. The molecule has 0 aliphatic carbocycles. The van der Waals surface area contributed by atoms with Crippen LogP contribution in [-0.4, -0.2) is 40.3 Å². The lowest BCUT2D eigenvalue weighted by Crippen LogP contribution is -2.36. The van der Waals surface area contributed by atoms with E-state index in [9.17, 15) is 5.11 Å². The number of pyridine rings is 1. The Labute approximate surface area is 146 Å². The summed E-state index contributed by atoms with van der Waals surface area (Å²) in [7, 11) is 1.68. The highest BCUT2D eigenvalue weighted by Gasteiger charge is 2.28. The summed E-state index contributed by atoms with van der Waals surface area (Å²) in [5.41, 5.74) is 2.14. The van der Waals surface area contributed by atoms with E-state index in [4.69, 9.17) is 4.74 Å². The van der Waals surface area contributed by atoms with E-state index in [0.29, 0.717) is 5.82 Å². The van der Waals surface area contributed by atoms with Gasteiger partial charge in [-0.15, -0.1) is 0 Å². The van der Waals surface area contributed by atoms with E-state index >= 15 is 0 Å². The van der Waals surface area contributed by atoms with Crippen LogP contribution in [0.3, 0.4) is 0 Å². The van der Waals surface area contributed by atoms with Crippen LogP contribution in [0.1, 0.15) is 24.8 Å². The number of methoxy groups -OCH3 is 1. The number of benzene rings is 1. The van der Waals surface area contributed by atoms with Crippen LogP contribution < -0.4 is 9.64 Å². The minimum Gasteiger partial charge on any atom is -0.497 e. The Hall–Kier alpha value is -2.60. The van der Waals surface area contributed by atoms with Gasteiger partial charge < -0.3 is 19.7 Å². The normalized spacial score (nSPS) is 17.0. The van der Waals surface area contributed by atoms with Gasteiger partial charge in [0.2, 0.25) is 0 Å². The number of anilines is 1. The average Bonchev–Trinajstić information content (AvgIpc) is 3.21. The van der Waals surface area contributed by atoms with Gasteiger partial charge in [-0.2, -0.15) is 0 Å². The number of ether oxygens (including phenoxy) is 1. The van der Waals surface area contributed by atoms with Gasteiger partial charge in [-0.05, 0) is 43.0 Å². The van der Waals surface area contributed by atoms with Crippen molar-refractivity contribution in [3.63, 3.8) is 0 Å². The first-order valence-electron chi connectivity index (χ1n) is 8.61. The molecular formula is C19H22N4O2. The summed E-state index contributed by atoms with van der Waals surface area (Å²) < 4.78 is 5.36. The first-order chi connectivity index (χ1) is 12.3. The molecule has 2 N–H and O–H groups in total. The molecule has 0 saturated carbocycles. The molecule has 3 heterocycles. The molecule has 25 heavy (non-hydrogen) atoms. The molecule has 1 aliphatic heterocycles. The standard InChI is InChI=1S/C19H22N4O2/c1-25-14-2-3-16-15(12-14)17(4-7-20-16)23-10-5-13(6-11-23)18(24)19-21-8-9-22-19/h2-4,7-9,12-13,18,24H,5-6,10-11H2,1H3,(H,21,22). The van der Waals surface area contributed by atoms with E-state index in [1.165, 1.54) is 5.69 Å². The second-order valence-corrected chi connectivity index (χ2v) is 6.46. The first-order valence-corrected chi connectivity index (χ1v) is 8.61. The van der Waals surface area contributed by atoms with Crippen molar-refractivity contribution < 1.29 is 9.84 Å². The third-order valence-electron chi connectivity index (χ3n) is 5.05. The monoisotopic (exact) mass is 338 g/mol. The number of imidazole rings is 1. The predicted octanol–water partition coefficient (Wildman–Crippen LogP) is 2.92. The molecule has 1 atom stereocenters. The molecule has 0 amide bonds. The zero-order valence-electron chi connectivity index (χ0n) is 14.2. The van der Waals surface area contributed by atoms with Gasteiger partial charge in [-0.1, -0.05) is 0 Å². The number of aliphatic hydroxyl groups is 1. The molecule has 1 unspecified atom stereocenters. The summed E-state index contributed by atoms with van der Waals surface area (Å²) >= 11 is 0. The van der Waals surface area contributed by atoms with E-state index in [-0.39, 0.29) is 5.92 Å². The van der Waals surface area contributed by atoms with Crippen molar-refractivity contribution in [1.82, 2.24) is 15.0 Å². The number of H-pyrrole nitrogens is 1. The maximum Gasteiger partial charge on any atom is 0.135 e. The Bertz CT molecular complexity index is 842. The van der Waals surface area contributed by atoms with Crippen LogP contribution in [0.2, 0.25) is 0 Å². The molecular weight excluding hydrogens is 316 g/mol. The molecule has 1 aliphatic rings. The van der Waals surface area contributed by atoms with Crippen LogP contribution in [-0.2, 0) is 0 Å². The number of rotatable bonds is 4. The first kappa shape index (κ1) is 15.9. The van der Waals surface area contributed by atoms with Crippen molar-refractivity contribution in [3.8, 4) is 5.75 Å². The highest BCUT2D eigenvalue weighted by molar-refractivity contribution is 5.92. The maximum absolute atomic E-state index is 10.5. The number of nitrogens with one attached hydrogen (secondary N) is 1. The maximum atomic E-state index is 10.5. The summed E-state index contributed by atoms with van der Waals surface area (Å²) in [5.74, 6) is 1.73. The highest BCUT2D eigenvalue weighted by Crippen LogP contribution is 2.34. The predicted molar refractivity (Wildman–Crippen MR) is 96.8 cm³/mol. The lowest BCUT2D eigenvalue weighted by atomic mass is 9.90. The van der Waals surface area contributed by atoms with Crippen LogP contribution in [0.15, 0.2) is 42.9 Å². The van der Waals surface area contributed by atoms with E-state index in [1.54, 1.807) is 19.5 Å². The minimum absolute atomic E-state index is 0.227. The Morgan fingerprint density at radius 1 is 1.20 bits per heavy atom. The third-order valence-corrected chi connectivity index (χ3v) is 5.05. The third kappa shape index (κ3) is 3.05. The van der Waals surface area contributed by atoms with Crippen LogP contribution in [0.4, 0.5) is 5.69 Å². The zero-order chi connectivity index (χ0) is 17.2. The van der Waals surface area contributed by atoms with Crippen molar-refractivity contribution in [2.45, 2.75) is 18.9 Å². The van der Waals surface area contributed by atoms with Gasteiger partial charge in [-0.25, -0.2) is 4.98 Å². The van der Waals surface area contributed by atoms with Crippen molar-refractivity contribution >= 4 is 16.6 Å². The Morgan fingerprint density at radius 2 is 2.04 bits per heavy atom. The topological polar surface area (TPSA) is 74.3 Å². The van der Waals surface area contributed by atoms with Gasteiger partial charge in [0.1, 0.15) is 17.7 Å². The van der Waals surface area contributed by atoms with E-state index in [1.807, 2.05) is 24.4 Å². The van der Waals surface area contributed by atoms with Crippen LogP contribution in [0, 0.1) is 5.92 Å². The molecule has 0 bridgehead atoms. The smallest absolute Gasteiger partial charge is 0.135 e. The summed E-state index contributed by atoms with van der Waals surface area (Å²) in [6.45, 7) is 1.80. The molecule has 1 aromatic carbocycles. The fourth-order valence-electron chi connectivity index (χ4n) is 3.63. The van der Waals surface area contributed by atoms with Crippen LogP contribution >= 0.6 is 0 Å². The SMILES string of the molecule is COc1ccc2nccc(N3CCC(C(O)c4ncc[nH]4)CC3)c2c1. The number of aromatic amines is 1. The molecule has 2 aromatic heterocycles. The Balaban J connectivity index is 1.53. The second-order valence-electron chi connectivity index (χ2n) is 6.46. The molecule has 6 heteroatoms. The number of fused-ring (bicyclic) bond motifs is 1. The van der Waals surface area contributed by atoms with Gasteiger partial charge in [0.15, 0.2) is 0 Å². The minimum atomic E-state index is -0.522. The van der Waals surface area contributed by atoms with Gasteiger partial charge in [0, 0.05) is 42.8 Å². The average molecular weight is 338 g/mol. The number of piperidine rings is 1. The van der Waals surface area contributed by atoms with E-state index < -0.39 is 6.10 Å². The van der Waals surface area contributed by atoms with Gasteiger partial charge in [0.05, 0.1) is 12.6 Å². The summed E-state index contributed by atoms with van der Waals surface area (Å²) in [5, 5.41) is 11.6. The highest BCUT2D eigenvalue weighted by atomic mass is 16.5. The van der Waals surface area contributed by atoms with Crippen molar-refractivity contribution in [3.05, 3.63) is 48.7 Å². The van der Waals surface area contributed by atoms with Gasteiger partial charge in [-0.3, -0.25) is 4.98 Å². The van der Waals surface area contributed by atoms with Gasteiger partial charge >= 0.3 is 0 Å². The van der Waals surface area contributed by atoms with Crippen LogP contribution in [0.25, 0.3) is 10.9 Å². The molecule has 0 radical (unpaired) electrons. The molecule has 3 aromatic rings.